The van der Waals surface area contributed by atoms with Crippen molar-refractivity contribution in [3.8, 4) is 5.75 Å². The van der Waals surface area contributed by atoms with E-state index in [-0.39, 0.29) is 22.9 Å². The van der Waals surface area contributed by atoms with Crippen LogP contribution in [0, 0.1) is 0 Å². The van der Waals surface area contributed by atoms with Crippen molar-refractivity contribution in [2.45, 2.75) is 13.2 Å². The Kier molecular flexibility index (Phi) is 5.57. The zero-order chi connectivity index (χ0) is 16.1. The van der Waals surface area contributed by atoms with Gasteiger partial charge in [0.25, 0.3) is 5.91 Å². The molecule has 0 bridgehead atoms. The summed E-state index contributed by atoms with van der Waals surface area (Å²) in [5, 5.41) is 3.22. The molecule has 0 fully saturated rings. The van der Waals surface area contributed by atoms with Crippen molar-refractivity contribution < 1.29 is 18.3 Å². The van der Waals surface area contributed by atoms with Gasteiger partial charge in [0.15, 0.2) is 0 Å². The third-order valence-electron chi connectivity index (χ3n) is 2.80. The Bertz CT molecular complexity index is 680. The minimum absolute atomic E-state index is 0.0139. The predicted molar refractivity (Wildman–Crippen MR) is 80.7 cm³/mol. The van der Waals surface area contributed by atoms with Crippen LogP contribution in [0.25, 0.3) is 0 Å². The molecule has 0 atom stereocenters. The van der Waals surface area contributed by atoms with Crippen molar-refractivity contribution >= 4 is 29.1 Å². The second kappa shape index (κ2) is 7.42. The van der Waals surface area contributed by atoms with Crippen molar-refractivity contribution in [2.24, 2.45) is 0 Å². The van der Waals surface area contributed by atoms with Gasteiger partial charge in [0.05, 0.1) is 10.6 Å². The molecule has 0 unspecified atom stereocenters. The fourth-order valence-corrected chi connectivity index (χ4v) is 2.30. The highest BCUT2D eigenvalue weighted by atomic mass is 35.5. The summed E-state index contributed by atoms with van der Waals surface area (Å²) in [4.78, 5) is 12.1. The Morgan fingerprint density at radius 1 is 1.18 bits per heavy atom. The zero-order valence-corrected chi connectivity index (χ0v) is 12.7. The molecule has 2 aromatic carbocycles. The molecule has 0 aliphatic rings. The highest BCUT2D eigenvalue weighted by molar-refractivity contribution is 6.36. The number of carbonyl (C=O) groups is 1. The standard InChI is InChI=1S/C15H11Cl2F2NO2/c16-10-5-6-11(12(17)7-10)14(21)20-8-9-3-1-2-4-13(9)22-15(18)19/h1-7,15H,8H2,(H,20,21). The van der Waals surface area contributed by atoms with Crippen LogP contribution >= 0.6 is 23.2 Å². The van der Waals surface area contributed by atoms with Gasteiger partial charge in [-0.15, -0.1) is 0 Å². The number of amides is 1. The van der Waals surface area contributed by atoms with Crippen LogP contribution < -0.4 is 10.1 Å². The van der Waals surface area contributed by atoms with Gasteiger partial charge >= 0.3 is 6.61 Å². The van der Waals surface area contributed by atoms with Gasteiger partial charge in [-0.05, 0) is 24.3 Å². The summed E-state index contributed by atoms with van der Waals surface area (Å²) in [5.41, 5.74) is 0.680. The first-order chi connectivity index (χ1) is 10.5. The van der Waals surface area contributed by atoms with Crippen molar-refractivity contribution in [3.63, 3.8) is 0 Å². The molecule has 0 aromatic heterocycles. The Morgan fingerprint density at radius 3 is 2.59 bits per heavy atom. The number of hydrogen-bond acceptors (Lipinski definition) is 2. The largest absolute Gasteiger partial charge is 0.434 e. The summed E-state index contributed by atoms with van der Waals surface area (Å²) in [6, 6.07) is 10.7. The summed E-state index contributed by atoms with van der Waals surface area (Å²) in [6.07, 6.45) is 0. The summed E-state index contributed by atoms with van der Waals surface area (Å²) in [5.74, 6) is -0.423. The lowest BCUT2D eigenvalue weighted by Gasteiger charge is -2.12. The molecule has 7 heteroatoms. The van der Waals surface area contributed by atoms with Crippen LogP contribution in [0.5, 0.6) is 5.75 Å². The number of alkyl halides is 2. The van der Waals surface area contributed by atoms with E-state index in [1.54, 1.807) is 18.2 Å². The minimum Gasteiger partial charge on any atom is -0.434 e. The number of carbonyl (C=O) groups excluding carboxylic acids is 1. The van der Waals surface area contributed by atoms with E-state index in [0.717, 1.165) is 0 Å². The monoisotopic (exact) mass is 345 g/mol. The van der Waals surface area contributed by atoms with E-state index in [1.807, 2.05) is 0 Å². The molecule has 1 amide bonds. The van der Waals surface area contributed by atoms with Crippen molar-refractivity contribution in [3.05, 3.63) is 63.6 Å². The topological polar surface area (TPSA) is 38.3 Å². The van der Waals surface area contributed by atoms with Gasteiger partial charge in [-0.25, -0.2) is 0 Å². The number of para-hydroxylation sites is 1. The highest BCUT2D eigenvalue weighted by Gasteiger charge is 2.13. The molecular weight excluding hydrogens is 335 g/mol. The summed E-state index contributed by atoms with van der Waals surface area (Å²) in [7, 11) is 0. The van der Waals surface area contributed by atoms with Gasteiger partial charge in [0, 0.05) is 17.1 Å². The first-order valence-corrected chi connectivity index (χ1v) is 6.99. The molecule has 1 N–H and O–H groups in total. The number of rotatable bonds is 5. The van der Waals surface area contributed by atoms with E-state index < -0.39 is 12.5 Å². The van der Waals surface area contributed by atoms with Crippen LogP contribution in [0.2, 0.25) is 10.0 Å². The average Bonchev–Trinajstić information content (AvgIpc) is 2.45. The van der Waals surface area contributed by atoms with Crippen LogP contribution in [0.3, 0.4) is 0 Å². The molecule has 0 aliphatic heterocycles. The third kappa shape index (κ3) is 4.32. The van der Waals surface area contributed by atoms with Gasteiger partial charge in [-0.3, -0.25) is 4.79 Å². The maximum Gasteiger partial charge on any atom is 0.387 e. The van der Waals surface area contributed by atoms with Gasteiger partial charge in [-0.2, -0.15) is 8.78 Å². The lowest BCUT2D eigenvalue weighted by molar-refractivity contribution is -0.0504. The van der Waals surface area contributed by atoms with E-state index in [0.29, 0.717) is 10.6 Å². The van der Waals surface area contributed by atoms with Crippen LogP contribution in [-0.2, 0) is 6.54 Å². The van der Waals surface area contributed by atoms with Gasteiger partial charge < -0.3 is 10.1 Å². The maximum absolute atomic E-state index is 12.3. The van der Waals surface area contributed by atoms with Crippen LogP contribution in [0.1, 0.15) is 15.9 Å². The second-order valence-electron chi connectivity index (χ2n) is 4.29. The fourth-order valence-electron chi connectivity index (χ4n) is 1.81. The van der Waals surface area contributed by atoms with Crippen molar-refractivity contribution in [2.75, 3.05) is 0 Å². The number of hydrogen-bond donors (Lipinski definition) is 1. The van der Waals surface area contributed by atoms with Crippen LogP contribution in [0.15, 0.2) is 42.5 Å². The summed E-state index contributed by atoms with van der Waals surface area (Å²) in [6.45, 7) is -2.90. The number of ether oxygens (including phenoxy) is 1. The van der Waals surface area contributed by atoms with E-state index in [1.165, 1.54) is 24.3 Å². The van der Waals surface area contributed by atoms with E-state index in [9.17, 15) is 13.6 Å². The maximum atomic E-state index is 12.3. The molecule has 2 rings (SSSR count). The van der Waals surface area contributed by atoms with Crippen LogP contribution in [-0.4, -0.2) is 12.5 Å². The molecule has 0 aliphatic carbocycles. The molecule has 2 aromatic rings. The summed E-state index contributed by atoms with van der Waals surface area (Å²) < 4.78 is 29.0. The van der Waals surface area contributed by atoms with Gasteiger partial charge in [0.1, 0.15) is 5.75 Å². The van der Waals surface area contributed by atoms with Gasteiger partial charge in [-0.1, -0.05) is 41.4 Å². The number of halogens is 4. The molecule has 116 valence electrons. The van der Waals surface area contributed by atoms with Crippen molar-refractivity contribution in [1.29, 1.82) is 0 Å². The van der Waals surface area contributed by atoms with E-state index in [4.69, 9.17) is 23.2 Å². The third-order valence-corrected chi connectivity index (χ3v) is 3.35. The smallest absolute Gasteiger partial charge is 0.387 e. The van der Waals surface area contributed by atoms with E-state index >= 15 is 0 Å². The molecular formula is C15H11Cl2F2NO2. The molecule has 22 heavy (non-hydrogen) atoms. The molecule has 0 saturated carbocycles. The van der Waals surface area contributed by atoms with Crippen molar-refractivity contribution in [1.82, 2.24) is 5.32 Å². The number of benzene rings is 2. The predicted octanol–water partition coefficient (Wildman–Crippen LogP) is 4.52. The molecule has 3 nitrogen and oxygen atoms in total. The fraction of sp³-hybridized carbons (Fsp3) is 0.133. The minimum atomic E-state index is -2.93. The number of nitrogens with one attached hydrogen (secondary N) is 1. The molecule has 0 radical (unpaired) electrons. The van der Waals surface area contributed by atoms with E-state index in [2.05, 4.69) is 10.1 Å². The Labute approximate surface area is 135 Å². The quantitative estimate of drug-likeness (QED) is 0.864. The Hall–Kier alpha value is -1.85. The second-order valence-corrected chi connectivity index (χ2v) is 5.14. The average molecular weight is 346 g/mol. The lowest BCUT2D eigenvalue weighted by atomic mass is 10.1. The lowest BCUT2D eigenvalue weighted by Crippen LogP contribution is -2.23. The first-order valence-electron chi connectivity index (χ1n) is 6.23. The normalized spacial score (nSPS) is 10.6. The SMILES string of the molecule is O=C(NCc1ccccc1OC(F)F)c1ccc(Cl)cc1Cl. The Morgan fingerprint density at radius 2 is 1.91 bits per heavy atom. The zero-order valence-electron chi connectivity index (χ0n) is 11.2. The molecule has 0 heterocycles. The summed E-state index contributed by atoms with van der Waals surface area (Å²) >= 11 is 11.7. The molecule has 0 spiro atoms. The molecule has 0 saturated heterocycles. The first kappa shape index (κ1) is 16.5. The van der Waals surface area contributed by atoms with Crippen LogP contribution in [0.4, 0.5) is 8.78 Å². The van der Waals surface area contributed by atoms with Gasteiger partial charge in [0.2, 0.25) is 0 Å². The Balaban J connectivity index is 2.08. The highest BCUT2D eigenvalue weighted by Crippen LogP contribution is 2.22.